The number of piperidine rings is 2. The topological polar surface area (TPSA) is 77.5 Å². The van der Waals surface area contributed by atoms with Crippen LogP contribution in [0.3, 0.4) is 0 Å². The second kappa shape index (κ2) is 20.3. The van der Waals surface area contributed by atoms with E-state index in [9.17, 15) is 9.90 Å². The number of fused-ring (bicyclic) bond motifs is 2. The molecule has 324 valence electrons. The molecule has 4 aliphatic heterocycles. The Labute approximate surface area is 394 Å². The van der Waals surface area contributed by atoms with Crippen molar-refractivity contribution < 1.29 is 50.5 Å². The number of amides is 1. The molecule has 0 aromatic heterocycles. The summed E-state index contributed by atoms with van der Waals surface area (Å²) in [4.78, 5) is 19.3. The summed E-state index contributed by atoms with van der Waals surface area (Å²) in [7, 11) is 0. The van der Waals surface area contributed by atoms with Crippen LogP contribution in [-0.2, 0) is 22.4 Å². The number of ether oxygens (including phenoxy) is 2. The molecule has 0 bridgehead atoms. The molecule has 8 nitrogen and oxygen atoms in total. The molecule has 3 unspecified atom stereocenters. The van der Waals surface area contributed by atoms with Gasteiger partial charge in [0.05, 0.1) is 18.8 Å². The zero-order valence-corrected chi connectivity index (χ0v) is 41.2. The van der Waals surface area contributed by atoms with E-state index in [2.05, 4.69) is 116 Å². The second-order valence-electron chi connectivity index (χ2n) is 18.1. The number of carbonyl (C=O) groups excluding carboxylic acids is 1. The van der Waals surface area contributed by atoms with Gasteiger partial charge in [0.15, 0.2) is 11.7 Å². The Morgan fingerprint density at radius 2 is 1.76 bits per heavy atom. The maximum absolute atomic E-state index is 12.4. The minimum absolute atomic E-state index is 0. The Balaban J connectivity index is 0.000000241. The van der Waals surface area contributed by atoms with E-state index in [1.165, 1.54) is 27.9 Å². The molecule has 5 aliphatic rings. The standard InChI is InChI=1S/C37H47N2O3.C16H17N2O.U/c1-4-20-38(24-27(2)3)25-33-26-41-37(42-33)18-21-39(22-19-37)31-13-10-29(11-14-31)36-34(28-8-6-5-7-9-28)16-12-30-23-32(40)15-17-35(30)36;1-10-4-6-14-13(8-10)9-18(16(14)19)15-7-5-11(2)17-12(15)3;/h5-11,13-15,17,23,27,33-34,36,40H,2,4,12,16,18-22,24-26H2,1,3H3;4,6,15,17H,2-3,5,7,9H2,1H3;/q2*-1;+2/t27-,33?,34?,36+;;/m1../s1. The van der Waals surface area contributed by atoms with Crippen LogP contribution in [-0.4, -0.2) is 78.1 Å². The van der Waals surface area contributed by atoms with Crippen LogP contribution < -0.4 is 10.2 Å². The van der Waals surface area contributed by atoms with Crippen molar-refractivity contribution in [3.8, 4) is 5.75 Å². The van der Waals surface area contributed by atoms with Crippen LogP contribution in [0.4, 0.5) is 5.69 Å². The van der Waals surface area contributed by atoms with E-state index in [1.54, 1.807) is 0 Å². The van der Waals surface area contributed by atoms with Gasteiger partial charge in [-0.3, -0.25) is 4.79 Å². The van der Waals surface area contributed by atoms with E-state index in [0.717, 1.165) is 106 Å². The van der Waals surface area contributed by atoms with Gasteiger partial charge < -0.3 is 41.5 Å². The average molecular weight is 1060 g/mol. The van der Waals surface area contributed by atoms with Crippen LogP contribution in [0.1, 0.15) is 108 Å². The van der Waals surface area contributed by atoms with Crippen molar-refractivity contribution in [1.82, 2.24) is 15.1 Å². The van der Waals surface area contributed by atoms with Crippen LogP contribution in [0.5, 0.6) is 5.75 Å². The molecule has 9 heteroatoms. The van der Waals surface area contributed by atoms with Crippen molar-refractivity contribution in [2.75, 3.05) is 44.2 Å². The fourth-order valence-corrected chi connectivity index (χ4v) is 10.4. The maximum atomic E-state index is 12.4. The van der Waals surface area contributed by atoms with E-state index in [0.29, 0.717) is 30.7 Å². The summed E-state index contributed by atoms with van der Waals surface area (Å²) in [6, 6.07) is 33.3. The average Bonchev–Trinajstić information content (AvgIpc) is 3.79. The molecule has 0 saturated carbocycles. The summed E-state index contributed by atoms with van der Waals surface area (Å²) in [6.07, 6.45) is 6.90. The van der Waals surface area contributed by atoms with Crippen LogP contribution >= 0.6 is 0 Å². The van der Waals surface area contributed by atoms with E-state index < -0.39 is 5.79 Å². The first kappa shape index (κ1) is 46.2. The molecule has 4 aromatic rings. The zero-order valence-electron chi connectivity index (χ0n) is 37.0. The van der Waals surface area contributed by atoms with Gasteiger partial charge in [-0.1, -0.05) is 88.0 Å². The van der Waals surface area contributed by atoms with Gasteiger partial charge in [-0.15, -0.1) is 5.56 Å². The van der Waals surface area contributed by atoms with Gasteiger partial charge in [-0.05, 0) is 97.6 Å². The number of aromatic hydroxyl groups is 1. The first-order chi connectivity index (χ1) is 29.5. The zero-order chi connectivity index (χ0) is 42.7. The number of hydrogen-bond donors (Lipinski definition) is 2. The molecular weight excluding hydrogens is 995 g/mol. The Kier molecular flexibility index (Phi) is 15.1. The molecule has 1 aliphatic carbocycles. The number of benzene rings is 4. The Morgan fingerprint density at radius 1 is 1.00 bits per heavy atom. The monoisotopic (exact) mass is 1060 g/mol. The SMILES string of the molecule is C=C1CCC(N2Cc3[c-]c(C)ccc3C2=O)C(=C)N1.[CH2-][C@H](C)CN(CCC)CC1COC2(CCN(c3ccc([C@@H]4c5ccc(O)cc5CCC4c4ccccc4)cc3)CC2)O1.[U+2]. The van der Waals surface area contributed by atoms with Crippen LogP contribution in [0, 0.1) is 56.9 Å². The summed E-state index contributed by atoms with van der Waals surface area (Å²) in [5, 5.41) is 13.3. The van der Waals surface area contributed by atoms with Gasteiger partial charge in [-0.2, -0.15) is 29.7 Å². The van der Waals surface area contributed by atoms with Gasteiger partial charge in [0.25, 0.3) is 0 Å². The van der Waals surface area contributed by atoms with Crippen molar-refractivity contribution in [1.29, 1.82) is 0 Å². The van der Waals surface area contributed by atoms with Gasteiger partial charge in [-0.25, -0.2) is 0 Å². The maximum Gasteiger partial charge on any atom is 2.00 e. The molecule has 5 atom stereocenters. The predicted octanol–water partition coefficient (Wildman–Crippen LogP) is 9.68. The van der Waals surface area contributed by atoms with Crippen LogP contribution in [0.15, 0.2) is 109 Å². The fourth-order valence-electron chi connectivity index (χ4n) is 10.4. The fraction of sp³-hybridized carbons (Fsp3) is 0.434. The molecule has 1 spiro atoms. The van der Waals surface area contributed by atoms with Crippen LogP contribution in [0.25, 0.3) is 0 Å². The predicted molar refractivity (Wildman–Crippen MR) is 244 cm³/mol. The molecule has 3 fully saturated rings. The number of phenols is 1. The Hall–Kier alpha value is -3.84. The first-order valence-electron chi connectivity index (χ1n) is 22.5. The number of phenolic OH excluding ortho intramolecular Hbond substituents is 1. The van der Waals surface area contributed by atoms with Crippen LogP contribution in [0.2, 0.25) is 0 Å². The van der Waals surface area contributed by atoms with Gasteiger partial charge in [0, 0.05) is 62.0 Å². The Morgan fingerprint density at radius 3 is 2.47 bits per heavy atom. The number of rotatable bonds is 10. The number of hydrogen-bond acceptors (Lipinski definition) is 7. The molecule has 3 saturated heterocycles. The van der Waals surface area contributed by atoms with Crippen molar-refractivity contribution in [3.05, 3.63) is 161 Å². The second-order valence-corrected chi connectivity index (χ2v) is 18.1. The van der Waals surface area contributed by atoms with Crippen molar-refractivity contribution in [2.45, 2.75) is 102 Å². The minimum atomic E-state index is -0.435. The molecule has 4 aromatic carbocycles. The van der Waals surface area contributed by atoms with E-state index in [-0.39, 0.29) is 55.1 Å². The largest absolute Gasteiger partial charge is 2.00 e. The normalized spacial score (nSPS) is 23.3. The summed E-state index contributed by atoms with van der Waals surface area (Å²) < 4.78 is 12.9. The first-order valence-corrected chi connectivity index (χ1v) is 22.5. The number of aryl methyl sites for hydroxylation is 2. The number of carbonyl (C=O) groups is 1. The number of anilines is 1. The molecule has 2 N–H and O–H groups in total. The molecule has 0 radical (unpaired) electrons. The molecule has 1 amide bonds. The third-order valence-corrected chi connectivity index (χ3v) is 13.3. The number of nitrogens with zero attached hydrogens (tertiary/aromatic N) is 3. The van der Waals surface area contributed by atoms with Crippen molar-refractivity contribution in [2.24, 2.45) is 5.92 Å². The smallest absolute Gasteiger partial charge is 0.508 e. The third kappa shape index (κ3) is 10.4. The molecule has 9 rings (SSSR count). The summed E-state index contributed by atoms with van der Waals surface area (Å²) in [5.74, 6) is 1.11. The van der Waals surface area contributed by atoms with Crippen molar-refractivity contribution >= 4 is 11.6 Å². The van der Waals surface area contributed by atoms with Gasteiger partial charge in [0.1, 0.15) is 5.75 Å². The quantitative estimate of drug-likeness (QED) is 0.153. The Bertz CT molecular complexity index is 2180. The van der Waals surface area contributed by atoms with Crippen molar-refractivity contribution in [3.63, 3.8) is 0 Å². The van der Waals surface area contributed by atoms with E-state index >= 15 is 0 Å². The summed E-state index contributed by atoms with van der Waals surface area (Å²) in [5.41, 5.74) is 11.3. The number of allylic oxidation sites excluding steroid dienone is 1. The molecule has 4 heterocycles. The van der Waals surface area contributed by atoms with E-state index in [4.69, 9.17) is 9.47 Å². The summed E-state index contributed by atoms with van der Waals surface area (Å²) in [6.45, 7) is 24.7. The number of nitrogens with one attached hydrogen (secondary N) is 1. The summed E-state index contributed by atoms with van der Waals surface area (Å²) >= 11 is 0. The van der Waals surface area contributed by atoms with Gasteiger partial charge in [0.2, 0.25) is 0 Å². The molecular formula is C53H64N4O4U. The van der Waals surface area contributed by atoms with Gasteiger partial charge >= 0.3 is 31.1 Å². The minimum Gasteiger partial charge on any atom is -0.508 e. The third-order valence-electron chi connectivity index (χ3n) is 13.3. The van der Waals surface area contributed by atoms with E-state index in [1.807, 2.05) is 36.1 Å². The molecule has 62 heavy (non-hydrogen) atoms.